The number of nitrogens with one attached hydrogen (secondary N) is 2. The molecule has 4 N–H and O–H groups in total. The van der Waals surface area contributed by atoms with Crippen molar-refractivity contribution in [2.75, 3.05) is 11.1 Å². The summed E-state index contributed by atoms with van der Waals surface area (Å²) in [6.45, 7) is 3.06. The minimum Gasteiger partial charge on any atom is -0.399 e. The smallest absolute Gasteiger partial charge is 0.276 e. The second-order valence-electron chi connectivity index (χ2n) is 5.12. The molecule has 0 spiro atoms. The Morgan fingerprint density at radius 2 is 1.58 bits per heavy atom. The van der Waals surface area contributed by atoms with Crippen molar-refractivity contribution < 1.29 is 13.2 Å². The quantitative estimate of drug-likeness (QED) is 0.436. The lowest BCUT2D eigenvalue weighted by Gasteiger charge is -2.07. The number of nitrogens with two attached hydrogens (primary N) is 1. The number of benzene rings is 2. The summed E-state index contributed by atoms with van der Waals surface area (Å²) in [6, 6.07) is 12.7. The van der Waals surface area contributed by atoms with Gasteiger partial charge in [-0.25, -0.2) is 0 Å². The van der Waals surface area contributed by atoms with Gasteiger partial charge in [0, 0.05) is 18.3 Å². The van der Waals surface area contributed by atoms with Gasteiger partial charge in [0.05, 0.1) is 10.6 Å². The van der Waals surface area contributed by atoms with Crippen molar-refractivity contribution in [3.63, 3.8) is 0 Å². The fourth-order valence-electron chi connectivity index (χ4n) is 1.89. The maximum Gasteiger partial charge on any atom is 0.276 e. The van der Waals surface area contributed by atoms with E-state index in [1.165, 1.54) is 31.2 Å². The molecule has 0 bridgehead atoms. The van der Waals surface area contributed by atoms with Gasteiger partial charge in [-0.3, -0.25) is 4.79 Å². The van der Waals surface area contributed by atoms with E-state index in [1.54, 1.807) is 31.2 Å². The summed E-state index contributed by atoms with van der Waals surface area (Å²) in [5.41, 5.74) is 8.01. The zero-order chi connectivity index (χ0) is 17.7. The minimum absolute atomic E-state index is 0.0467. The third-order valence-electron chi connectivity index (χ3n) is 3.15. The summed E-state index contributed by atoms with van der Waals surface area (Å²) in [7, 11) is -3.79. The third-order valence-corrected chi connectivity index (χ3v) is 4.37. The van der Waals surface area contributed by atoms with Gasteiger partial charge in [0.1, 0.15) is 0 Å². The Balaban J connectivity index is 2.14. The van der Waals surface area contributed by atoms with Crippen LogP contribution >= 0.6 is 0 Å². The van der Waals surface area contributed by atoms with Crippen molar-refractivity contribution in [1.29, 1.82) is 0 Å². The molecule has 0 saturated heterocycles. The normalized spacial score (nSPS) is 11.8. The van der Waals surface area contributed by atoms with Crippen LogP contribution in [0.25, 0.3) is 0 Å². The Hall–Kier alpha value is -2.87. The van der Waals surface area contributed by atoms with Crippen molar-refractivity contribution in [2.45, 2.75) is 18.7 Å². The van der Waals surface area contributed by atoms with E-state index < -0.39 is 10.0 Å². The van der Waals surface area contributed by atoms with Gasteiger partial charge < -0.3 is 11.1 Å². The summed E-state index contributed by atoms with van der Waals surface area (Å²) in [5.74, 6) is -0.229. The van der Waals surface area contributed by atoms with Crippen LogP contribution in [0.1, 0.15) is 19.4 Å². The van der Waals surface area contributed by atoms with Crippen LogP contribution < -0.4 is 15.9 Å². The van der Waals surface area contributed by atoms with Crippen LogP contribution in [0.2, 0.25) is 0 Å². The molecule has 0 fully saturated rings. The number of amides is 1. The van der Waals surface area contributed by atoms with E-state index in [4.69, 9.17) is 5.73 Å². The van der Waals surface area contributed by atoms with Crippen LogP contribution in [0.4, 0.5) is 11.4 Å². The zero-order valence-electron chi connectivity index (χ0n) is 13.3. The first-order valence-electron chi connectivity index (χ1n) is 7.07. The van der Waals surface area contributed by atoms with Gasteiger partial charge in [-0.1, -0.05) is 12.1 Å². The summed E-state index contributed by atoms with van der Waals surface area (Å²) in [6.07, 6.45) is 0. The average Bonchev–Trinajstić information content (AvgIpc) is 2.53. The van der Waals surface area contributed by atoms with Crippen molar-refractivity contribution in [3.05, 3.63) is 54.1 Å². The molecule has 0 aliphatic rings. The number of rotatable bonds is 5. The van der Waals surface area contributed by atoms with E-state index >= 15 is 0 Å². The first-order valence-corrected chi connectivity index (χ1v) is 8.56. The molecule has 126 valence electrons. The van der Waals surface area contributed by atoms with Crippen molar-refractivity contribution in [3.8, 4) is 0 Å². The highest BCUT2D eigenvalue weighted by molar-refractivity contribution is 7.89. The van der Waals surface area contributed by atoms with E-state index in [0.717, 1.165) is 5.56 Å². The Morgan fingerprint density at radius 1 is 1.00 bits per heavy atom. The predicted octanol–water partition coefficient (Wildman–Crippen LogP) is 1.93. The zero-order valence-corrected chi connectivity index (χ0v) is 14.1. The number of sulfonamides is 1. The van der Waals surface area contributed by atoms with Crippen LogP contribution in [0.15, 0.2) is 58.5 Å². The second-order valence-corrected chi connectivity index (χ2v) is 6.78. The molecule has 0 atom stereocenters. The number of nitrogens with zero attached hydrogens (tertiary/aromatic N) is 1. The maximum absolute atomic E-state index is 12.2. The van der Waals surface area contributed by atoms with Gasteiger partial charge in [0.25, 0.3) is 10.0 Å². The highest BCUT2D eigenvalue weighted by atomic mass is 32.2. The number of hydrogen-bond acceptors (Lipinski definition) is 5. The first kappa shape index (κ1) is 17.5. The van der Waals surface area contributed by atoms with Crippen LogP contribution in [0.3, 0.4) is 0 Å². The fraction of sp³-hybridized carbons (Fsp3) is 0.125. The molecule has 0 radical (unpaired) electrons. The largest absolute Gasteiger partial charge is 0.399 e. The van der Waals surface area contributed by atoms with Gasteiger partial charge in [-0.05, 0) is 48.9 Å². The van der Waals surface area contributed by atoms with E-state index in [2.05, 4.69) is 15.2 Å². The minimum atomic E-state index is -3.79. The monoisotopic (exact) mass is 346 g/mol. The molecule has 8 heteroatoms. The fourth-order valence-corrected chi connectivity index (χ4v) is 2.75. The van der Waals surface area contributed by atoms with Crippen LogP contribution in [0.5, 0.6) is 0 Å². The molecule has 0 heterocycles. The summed E-state index contributed by atoms with van der Waals surface area (Å²) < 4.78 is 24.5. The molecule has 2 aromatic carbocycles. The summed E-state index contributed by atoms with van der Waals surface area (Å²) >= 11 is 0. The molecule has 24 heavy (non-hydrogen) atoms. The number of anilines is 2. The molecule has 2 rings (SSSR count). The Labute approximate surface area is 140 Å². The van der Waals surface area contributed by atoms with Crippen molar-refractivity contribution in [1.82, 2.24) is 4.83 Å². The third kappa shape index (κ3) is 4.56. The lowest BCUT2D eigenvalue weighted by atomic mass is 10.1. The van der Waals surface area contributed by atoms with Gasteiger partial charge in [0.15, 0.2) is 0 Å². The van der Waals surface area contributed by atoms with Crippen molar-refractivity contribution >= 4 is 33.0 Å². The molecule has 0 aliphatic carbocycles. The van der Waals surface area contributed by atoms with E-state index in [9.17, 15) is 13.2 Å². The average molecular weight is 346 g/mol. The number of carbonyl (C=O) groups excluding carboxylic acids is 1. The highest BCUT2D eigenvalue weighted by Crippen LogP contribution is 2.14. The number of hydrazone groups is 1. The van der Waals surface area contributed by atoms with E-state index in [-0.39, 0.29) is 10.8 Å². The van der Waals surface area contributed by atoms with Crippen molar-refractivity contribution in [2.24, 2.45) is 5.10 Å². The Morgan fingerprint density at radius 3 is 2.12 bits per heavy atom. The molecular weight excluding hydrogens is 328 g/mol. The number of hydrogen-bond donors (Lipinski definition) is 3. The topological polar surface area (TPSA) is 114 Å². The van der Waals surface area contributed by atoms with Gasteiger partial charge >= 0.3 is 0 Å². The van der Waals surface area contributed by atoms with E-state index in [1.807, 2.05) is 0 Å². The molecule has 0 unspecified atom stereocenters. The van der Waals surface area contributed by atoms with Gasteiger partial charge in [0.2, 0.25) is 5.91 Å². The van der Waals surface area contributed by atoms with Crippen LogP contribution in [-0.2, 0) is 14.8 Å². The van der Waals surface area contributed by atoms with Crippen LogP contribution in [0, 0.1) is 0 Å². The van der Waals surface area contributed by atoms with Gasteiger partial charge in [-0.15, -0.1) is 0 Å². The lowest BCUT2D eigenvalue weighted by molar-refractivity contribution is -0.114. The van der Waals surface area contributed by atoms with Gasteiger partial charge in [-0.2, -0.15) is 18.4 Å². The Bertz CT molecular complexity index is 857. The standard InChI is InChI=1S/C16H18N4O3S/c1-11(13-3-5-14(17)6-4-13)19-20-24(22,23)16-9-7-15(8-10-16)18-12(2)21/h3-10,20H,17H2,1-2H3,(H,18,21). The highest BCUT2D eigenvalue weighted by Gasteiger charge is 2.13. The molecular formula is C16H18N4O3S. The summed E-state index contributed by atoms with van der Waals surface area (Å²) in [5, 5.41) is 6.48. The molecule has 2 aromatic rings. The molecule has 7 nitrogen and oxygen atoms in total. The van der Waals surface area contributed by atoms with E-state index in [0.29, 0.717) is 17.1 Å². The molecule has 0 aliphatic heterocycles. The predicted molar refractivity (Wildman–Crippen MR) is 94.1 cm³/mol. The summed E-state index contributed by atoms with van der Waals surface area (Å²) in [4.78, 5) is 13.2. The number of carbonyl (C=O) groups is 1. The number of nitrogen functional groups attached to an aromatic ring is 1. The maximum atomic E-state index is 12.2. The SMILES string of the molecule is CC(=O)Nc1ccc(S(=O)(=O)NN=C(C)c2ccc(N)cc2)cc1. The molecule has 1 amide bonds. The van der Waals surface area contributed by atoms with Crippen LogP contribution in [-0.4, -0.2) is 20.0 Å². The molecule has 0 aromatic heterocycles. The second kappa shape index (κ2) is 7.14. The lowest BCUT2D eigenvalue weighted by Crippen LogP contribution is -2.20. The molecule has 0 saturated carbocycles. The first-order chi connectivity index (χ1) is 11.3. The Kier molecular flexibility index (Phi) is 5.20.